The van der Waals surface area contributed by atoms with Crippen LogP contribution in [0.1, 0.15) is 26.3 Å². The standard InChI is InChI=1S/C9H8N2O.C9H9NO4/c12-9-6-7-11(10-9)8-4-2-1-3-5-8;1-4-6(9(13)14)2-5(8(11)12)3-7(4)10/h1-7H,(H,10,12);2-3H,10H2,1H3,(H,11,12)(H,13,14). The lowest BCUT2D eigenvalue weighted by Gasteiger charge is -2.05. The van der Waals surface area contributed by atoms with Crippen molar-refractivity contribution in [3.05, 3.63) is 81.8 Å². The van der Waals surface area contributed by atoms with Crippen LogP contribution >= 0.6 is 0 Å². The van der Waals surface area contributed by atoms with Crippen molar-refractivity contribution in [2.75, 3.05) is 5.73 Å². The van der Waals surface area contributed by atoms with E-state index in [4.69, 9.17) is 15.9 Å². The van der Waals surface area contributed by atoms with E-state index in [0.717, 1.165) is 11.8 Å². The Bertz CT molecular complexity index is 990. The molecule has 2 aromatic carbocycles. The van der Waals surface area contributed by atoms with Crippen molar-refractivity contribution in [3.8, 4) is 5.69 Å². The number of nitrogen functional groups attached to an aromatic ring is 1. The third-order valence-electron chi connectivity index (χ3n) is 3.57. The Hall–Kier alpha value is -3.81. The SMILES string of the molecule is Cc1c(N)cc(C(=O)O)cc1C(=O)O.O=c1ccn(-c2ccccc2)[nH]1. The minimum Gasteiger partial charge on any atom is -0.478 e. The maximum absolute atomic E-state index is 10.8. The summed E-state index contributed by atoms with van der Waals surface area (Å²) in [5, 5.41) is 20.1. The van der Waals surface area contributed by atoms with Crippen LogP contribution in [-0.2, 0) is 0 Å². The molecule has 0 aliphatic carbocycles. The van der Waals surface area contributed by atoms with Gasteiger partial charge in [0, 0.05) is 18.0 Å². The van der Waals surface area contributed by atoms with Gasteiger partial charge in [-0.2, -0.15) is 0 Å². The van der Waals surface area contributed by atoms with Gasteiger partial charge in [-0.25, -0.2) is 9.59 Å². The normalized spacial score (nSPS) is 9.88. The van der Waals surface area contributed by atoms with Crippen LogP contribution < -0.4 is 11.3 Å². The molecular formula is C18H17N3O5. The number of carboxylic acids is 2. The van der Waals surface area contributed by atoms with Gasteiger partial charge in [0.25, 0.3) is 5.56 Å². The van der Waals surface area contributed by atoms with Crippen molar-refractivity contribution in [2.24, 2.45) is 0 Å². The molecule has 0 radical (unpaired) electrons. The molecule has 8 heteroatoms. The Labute approximate surface area is 148 Å². The van der Waals surface area contributed by atoms with Crippen LogP contribution in [0.2, 0.25) is 0 Å². The van der Waals surface area contributed by atoms with Crippen molar-refractivity contribution >= 4 is 17.6 Å². The monoisotopic (exact) mass is 355 g/mol. The lowest BCUT2D eigenvalue weighted by atomic mass is 10.0. The minimum absolute atomic E-state index is 0.0811. The van der Waals surface area contributed by atoms with E-state index in [0.29, 0.717) is 5.56 Å². The van der Waals surface area contributed by atoms with E-state index >= 15 is 0 Å². The van der Waals surface area contributed by atoms with Crippen LogP contribution in [-0.4, -0.2) is 31.9 Å². The topological polar surface area (TPSA) is 138 Å². The van der Waals surface area contributed by atoms with E-state index in [1.54, 1.807) is 10.9 Å². The average Bonchev–Trinajstić information content (AvgIpc) is 3.04. The largest absolute Gasteiger partial charge is 0.478 e. The van der Waals surface area contributed by atoms with Crippen molar-refractivity contribution in [1.82, 2.24) is 9.78 Å². The van der Waals surface area contributed by atoms with Gasteiger partial charge in [-0.3, -0.25) is 14.6 Å². The Morgan fingerprint density at radius 2 is 1.69 bits per heavy atom. The van der Waals surface area contributed by atoms with Gasteiger partial charge < -0.3 is 15.9 Å². The molecule has 0 atom stereocenters. The van der Waals surface area contributed by atoms with Gasteiger partial charge in [0.05, 0.1) is 16.8 Å². The summed E-state index contributed by atoms with van der Waals surface area (Å²) < 4.78 is 1.68. The molecule has 0 fully saturated rings. The summed E-state index contributed by atoms with van der Waals surface area (Å²) in [6, 6.07) is 13.5. The molecule has 3 rings (SSSR count). The Morgan fingerprint density at radius 3 is 2.19 bits per heavy atom. The van der Waals surface area contributed by atoms with Crippen molar-refractivity contribution < 1.29 is 19.8 Å². The van der Waals surface area contributed by atoms with Gasteiger partial charge in [-0.1, -0.05) is 18.2 Å². The first-order chi connectivity index (χ1) is 12.3. The molecule has 8 nitrogen and oxygen atoms in total. The summed E-state index contributed by atoms with van der Waals surface area (Å²) in [5.74, 6) is -2.38. The van der Waals surface area contributed by atoms with Crippen LogP contribution in [0.15, 0.2) is 59.5 Å². The molecule has 0 amide bonds. The second-order valence-electron chi connectivity index (χ2n) is 5.35. The first-order valence-electron chi connectivity index (χ1n) is 7.49. The van der Waals surface area contributed by atoms with Gasteiger partial charge >= 0.3 is 11.9 Å². The van der Waals surface area contributed by atoms with Gasteiger partial charge in [0.15, 0.2) is 0 Å². The second kappa shape index (κ2) is 7.84. The number of aromatic amines is 1. The van der Waals surface area contributed by atoms with E-state index in [1.165, 1.54) is 19.1 Å². The molecule has 0 aliphatic heterocycles. The fourth-order valence-corrected chi connectivity index (χ4v) is 2.16. The zero-order valence-electron chi connectivity index (χ0n) is 13.8. The molecule has 0 saturated heterocycles. The van der Waals surface area contributed by atoms with E-state index in [9.17, 15) is 14.4 Å². The zero-order chi connectivity index (χ0) is 19.3. The molecule has 134 valence electrons. The first-order valence-corrected chi connectivity index (χ1v) is 7.49. The molecule has 1 heterocycles. The molecule has 1 aromatic heterocycles. The Morgan fingerprint density at radius 1 is 1.04 bits per heavy atom. The smallest absolute Gasteiger partial charge is 0.336 e. The molecule has 0 saturated carbocycles. The highest BCUT2D eigenvalue weighted by atomic mass is 16.4. The molecule has 0 aliphatic rings. The number of rotatable bonds is 3. The molecule has 5 N–H and O–H groups in total. The number of nitrogens with two attached hydrogens (primary N) is 1. The van der Waals surface area contributed by atoms with E-state index in [-0.39, 0.29) is 22.4 Å². The fraction of sp³-hybridized carbons (Fsp3) is 0.0556. The number of hydrogen-bond donors (Lipinski definition) is 4. The van der Waals surface area contributed by atoms with Crippen LogP contribution in [0.25, 0.3) is 5.69 Å². The third-order valence-corrected chi connectivity index (χ3v) is 3.57. The summed E-state index contributed by atoms with van der Waals surface area (Å²) in [4.78, 5) is 32.1. The fourth-order valence-electron chi connectivity index (χ4n) is 2.16. The predicted octanol–water partition coefficient (Wildman–Crippen LogP) is 2.14. The molecule has 26 heavy (non-hydrogen) atoms. The Balaban J connectivity index is 0.000000189. The molecule has 3 aromatic rings. The number of anilines is 1. The number of para-hydroxylation sites is 1. The molecule has 0 unspecified atom stereocenters. The molecule has 0 spiro atoms. The van der Waals surface area contributed by atoms with Crippen LogP contribution in [0.5, 0.6) is 0 Å². The predicted molar refractivity (Wildman–Crippen MR) is 95.9 cm³/mol. The number of nitrogens with one attached hydrogen (secondary N) is 1. The van der Waals surface area contributed by atoms with E-state index < -0.39 is 11.9 Å². The minimum atomic E-state index is -1.20. The van der Waals surface area contributed by atoms with Gasteiger partial charge in [-0.05, 0) is 36.8 Å². The average molecular weight is 355 g/mol. The number of hydrogen-bond acceptors (Lipinski definition) is 4. The van der Waals surface area contributed by atoms with Crippen LogP contribution in [0, 0.1) is 6.92 Å². The third kappa shape index (κ3) is 4.38. The summed E-state index contributed by atoms with van der Waals surface area (Å²) in [5.41, 5.74) is 6.69. The lowest BCUT2D eigenvalue weighted by Crippen LogP contribution is -2.07. The Kier molecular flexibility index (Phi) is 5.59. The highest BCUT2D eigenvalue weighted by Crippen LogP contribution is 2.19. The van der Waals surface area contributed by atoms with Crippen molar-refractivity contribution in [3.63, 3.8) is 0 Å². The number of H-pyrrole nitrogens is 1. The lowest BCUT2D eigenvalue weighted by molar-refractivity contribution is 0.0695. The summed E-state index contributed by atoms with van der Waals surface area (Å²) in [6.45, 7) is 1.53. The number of aromatic nitrogens is 2. The highest BCUT2D eigenvalue weighted by Gasteiger charge is 2.14. The van der Waals surface area contributed by atoms with Crippen molar-refractivity contribution in [2.45, 2.75) is 6.92 Å². The first kappa shape index (κ1) is 18.5. The van der Waals surface area contributed by atoms with Gasteiger partial charge in [0.1, 0.15) is 0 Å². The second-order valence-corrected chi connectivity index (χ2v) is 5.35. The van der Waals surface area contributed by atoms with Crippen molar-refractivity contribution in [1.29, 1.82) is 0 Å². The summed E-state index contributed by atoms with van der Waals surface area (Å²) in [6.07, 6.45) is 1.71. The summed E-state index contributed by atoms with van der Waals surface area (Å²) in [7, 11) is 0. The van der Waals surface area contributed by atoms with Gasteiger partial charge in [-0.15, -0.1) is 0 Å². The number of aromatic carboxylic acids is 2. The number of carbonyl (C=O) groups is 2. The summed E-state index contributed by atoms with van der Waals surface area (Å²) >= 11 is 0. The maximum atomic E-state index is 10.8. The van der Waals surface area contributed by atoms with Gasteiger partial charge in [0.2, 0.25) is 0 Å². The quantitative estimate of drug-likeness (QED) is 0.531. The van der Waals surface area contributed by atoms with E-state index in [2.05, 4.69) is 5.10 Å². The maximum Gasteiger partial charge on any atom is 0.336 e. The zero-order valence-corrected chi connectivity index (χ0v) is 13.8. The highest BCUT2D eigenvalue weighted by molar-refractivity contribution is 5.96. The van der Waals surface area contributed by atoms with Crippen LogP contribution in [0.4, 0.5) is 5.69 Å². The molecular weight excluding hydrogens is 338 g/mol. The van der Waals surface area contributed by atoms with E-state index in [1.807, 2.05) is 30.3 Å². The number of carboxylic acid groups (broad SMARTS) is 2. The number of nitrogens with zero attached hydrogens (tertiary/aromatic N) is 1. The molecule has 0 bridgehead atoms. The van der Waals surface area contributed by atoms with Crippen LogP contribution in [0.3, 0.4) is 0 Å². The number of benzene rings is 2.